The average molecular weight is 247 g/mol. The van der Waals surface area contributed by atoms with Crippen LogP contribution in [-0.2, 0) is 6.42 Å². The lowest BCUT2D eigenvalue weighted by Crippen LogP contribution is -2.03. The minimum atomic E-state index is 0.791. The van der Waals surface area contributed by atoms with Gasteiger partial charge in [0, 0.05) is 17.7 Å². The van der Waals surface area contributed by atoms with E-state index in [4.69, 9.17) is 10.5 Å². The molecule has 1 aliphatic rings. The summed E-state index contributed by atoms with van der Waals surface area (Å²) >= 11 is 0. The molecule has 0 aromatic heterocycles. The third kappa shape index (κ3) is 1.57. The van der Waals surface area contributed by atoms with Crippen LogP contribution in [0.1, 0.15) is 11.1 Å². The van der Waals surface area contributed by atoms with Gasteiger partial charge in [0.25, 0.3) is 0 Å². The molecule has 3 aromatic rings. The van der Waals surface area contributed by atoms with Crippen LogP contribution < -0.4 is 10.5 Å². The standard InChI is InChI=1S/C17H13NO/c18-13-7-5-11-6-8-17-15(14(11)10-13)9-12-3-1-2-4-16(12)19-17/h1-8,10H,9,18H2. The van der Waals surface area contributed by atoms with Gasteiger partial charge in [0.15, 0.2) is 0 Å². The highest BCUT2D eigenvalue weighted by Crippen LogP contribution is 2.40. The van der Waals surface area contributed by atoms with E-state index >= 15 is 0 Å². The van der Waals surface area contributed by atoms with Gasteiger partial charge in [-0.1, -0.05) is 30.3 Å². The Bertz CT molecular complexity index is 792. The zero-order valence-corrected chi connectivity index (χ0v) is 10.4. The summed E-state index contributed by atoms with van der Waals surface area (Å²) in [5.41, 5.74) is 9.15. The van der Waals surface area contributed by atoms with Crippen LogP contribution in [0.2, 0.25) is 0 Å². The van der Waals surface area contributed by atoms with Crippen molar-refractivity contribution in [1.82, 2.24) is 0 Å². The third-order valence-corrected chi connectivity index (χ3v) is 3.67. The molecular weight excluding hydrogens is 234 g/mol. The van der Waals surface area contributed by atoms with Crippen LogP contribution in [0.3, 0.4) is 0 Å². The van der Waals surface area contributed by atoms with E-state index in [1.165, 1.54) is 21.9 Å². The average Bonchev–Trinajstić information content (AvgIpc) is 2.45. The van der Waals surface area contributed by atoms with Gasteiger partial charge in [0.1, 0.15) is 11.5 Å². The highest BCUT2D eigenvalue weighted by Gasteiger charge is 2.18. The summed E-state index contributed by atoms with van der Waals surface area (Å²) in [4.78, 5) is 0. The second-order valence-corrected chi connectivity index (χ2v) is 4.91. The Hall–Kier alpha value is -2.48. The molecule has 0 spiro atoms. The Morgan fingerprint density at radius 1 is 0.895 bits per heavy atom. The van der Waals surface area contributed by atoms with Gasteiger partial charge in [-0.25, -0.2) is 0 Å². The summed E-state index contributed by atoms with van der Waals surface area (Å²) in [5, 5.41) is 2.39. The molecule has 1 heterocycles. The molecule has 1 aliphatic heterocycles. The number of para-hydroxylation sites is 1. The van der Waals surface area contributed by atoms with Gasteiger partial charge < -0.3 is 10.5 Å². The molecule has 0 bridgehead atoms. The van der Waals surface area contributed by atoms with Gasteiger partial charge in [0.05, 0.1) is 0 Å². The fraction of sp³-hybridized carbons (Fsp3) is 0.0588. The summed E-state index contributed by atoms with van der Waals surface area (Å²) in [7, 11) is 0. The summed E-state index contributed by atoms with van der Waals surface area (Å²) in [6.07, 6.45) is 0.895. The zero-order chi connectivity index (χ0) is 12.8. The van der Waals surface area contributed by atoms with Crippen molar-refractivity contribution in [2.75, 3.05) is 5.73 Å². The maximum absolute atomic E-state index is 5.98. The second-order valence-electron chi connectivity index (χ2n) is 4.91. The lowest BCUT2D eigenvalue weighted by molar-refractivity contribution is 0.461. The molecule has 0 aliphatic carbocycles. The van der Waals surface area contributed by atoms with Gasteiger partial charge in [-0.3, -0.25) is 0 Å². The smallest absolute Gasteiger partial charge is 0.131 e. The van der Waals surface area contributed by atoms with Crippen molar-refractivity contribution in [3.05, 3.63) is 65.7 Å². The Labute approximate surface area is 111 Å². The van der Waals surface area contributed by atoms with Crippen molar-refractivity contribution in [1.29, 1.82) is 0 Å². The SMILES string of the molecule is Nc1ccc2ccc3c(c2c1)Cc1ccccc1O3. The molecule has 92 valence electrons. The van der Waals surface area contributed by atoms with Gasteiger partial charge >= 0.3 is 0 Å². The number of benzene rings is 3. The Kier molecular flexibility index (Phi) is 2.06. The number of ether oxygens (including phenoxy) is 1. The predicted octanol–water partition coefficient (Wildman–Crippen LogP) is 4.12. The number of anilines is 1. The van der Waals surface area contributed by atoms with Crippen molar-refractivity contribution in [3.8, 4) is 11.5 Å². The molecule has 0 amide bonds. The molecule has 0 fully saturated rings. The Balaban J connectivity index is 1.98. The molecule has 0 saturated carbocycles. The first kappa shape index (κ1) is 10.4. The molecule has 0 unspecified atom stereocenters. The molecule has 2 N–H and O–H groups in total. The normalized spacial score (nSPS) is 12.6. The fourth-order valence-electron chi connectivity index (χ4n) is 2.72. The quantitative estimate of drug-likeness (QED) is 0.474. The molecule has 0 saturated heterocycles. The first-order chi connectivity index (χ1) is 9.31. The number of rotatable bonds is 0. The van der Waals surface area contributed by atoms with Gasteiger partial charge in [-0.2, -0.15) is 0 Å². The largest absolute Gasteiger partial charge is 0.457 e. The zero-order valence-electron chi connectivity index (χ0n) is 10.4. The van der Waals surface area contributed by atoms with Crippen LogP contribution in [0.4, 0.5) is 5.69 Å². The lowest BCUT2D eigenvalue weighted by Gasteiger charge is -2.21. The maximum atomic E-state index is 5.98. The second kappa shape index (κ2) is 3.75. The number of nitrogens with two attached hydrogens (primary N) is 1. The van der Waals surface area contributed by atoms with Crippen LogP contribution in [0.15, 0.2) is 54.6 Å². The molecule has 2 nitrogen and oxygen atoms in total. The van der Waals surface area contributed by atoms with Gasteiger partial charge in [-0.15, -0.1) is 0 Å². The topological polar surface area (TPSA) is 35.2 Å². The molecular formula is C17H13NO. The number of hydrogen-bond donors (Lipinski definition) is 1. The van der Waals surface area contributed by atoms with Crippen molar-refractivity contribution in [2.24, 2.45) is 0 Å². The minimum Gasteiger partial charge on any atom is -0.457 e. The monoisotopic (exact) mass is 247 g/mol. The van der Waals surface area contributed by atoms with Crippen molar-refractivity contribution in [2.45, 2.75) is 6.42 Å². The molecule has 19 heavy (non-hydrogen) atoms. The van der Waals surface area contributed by atoms with E-state index in [1.807, 2.05) is 36.4 Å². The summed E-state index contributed by atoms with van der Waals surface area (Å²) in [6.45, 7) is 0. The van der Waals surface area contributed by atoms with E-state index in [0.717, 1.165) is 23.6 Å². The van der Waals surface area contributed by atoms with Crippen LogP contribution in [-0.4, -0.2) is 0 Å². The first-order valence-corrected chi connectivity index (χ1v) is 6.38. The maximum Gasteiger partial charge on any atom is 0.131 e. The van der Waals surface area contributed by atoms with Gasteiger partial charge in [0.2, 0.25) is 0 Å². The van der Waals surface area contributed by atoms with E-state index in [1.54, 1.807) is 0 Å². The lowest BCUT2D eigenvalue weighted by atomic mass is 9.95. The van der Waals surface area contributed by atoms with Crippen LogP contribution in [0.25, 0.3) is 10.8 Å². The van der Waals surface area contributed by atoms with E-state index in [0.29, 0.717) is 0 Å². The highest BCUT2D eigenvalue weighted by molar-refractivity contribution is 5.91. The van der Waals surface area contributed by atoms with E-state index in [2.05, 4.69) is 18.2 Å². The Morgan fingerprint density at radius 2 is 1.74 bits per heavy atom. The van der Waals surface area contributed by atoms with Crippen molar-refractivity contribution < 1.29 is 4.74 Å². The van der Waals surface area contributed by atoms with E-state index < -0.39 is 0 Å². The Morgan fingerprint density at radius 3 is 2.68 bits per heavy atom. The number of nitrogen functional groups attached to an aromatic ring is 1. The highest BCUT2D eigenvalue weighted by atomic mass is 16.5. The molecule has 4 rings (SSSR count). The van der Waals surface area contributed by atoms with Crippen molar-refractivity contribution >= 4 is 16.5 Å². The molecule has 3 aromatic carbocycles. The predicted molar refractivity (Wildman–Crippen MR) is 77.7 cm³/mol. The first-order valence-electron chi connectivity index (χ1n) is 6.38. The van der Waals surface area contributed by atoms with E-state index in [-0.39, 0.29) is 0 Å². The minimum absolute atomic E-state index is 0.791. The van der Waals surface area contributed by atoms with E-state index in [9.17, 15) is 0 Å². The van der Waals surface area contributed by atoms with Crippen LogP contribution in [0, 0.1) is 0 Å². The third-order valence-electron chi connectivity index (χ3n) is 3.67. The van der Waals surface area contributed by atoms with Crippen molar-refractivity contribution in [3.63, 3.8) is 0 Å². The summed E-state index contributed by atoms with van der Waals surface area (Å²) in [6, 6.07) is 18.3. The number of fused-ring (bicyclic) bond motifs is 4. The molecule has 0 atom stereocenters. The number of hydrogen-bond acceptors (Lipinski definition) is 2. The fourth-order valence-corrected chi connectivity index (χ4v) is 2.72. The molecule has 0 radical (unpaired) electrons. The summed E-state index contributed by atoms with van der Waals surface area (Å²) in [5.74, 6) is 1.90. The van der Waals surface area contributed by atoms with Gasteiger partial charge in [-0.05, 0) is 40.6 Å². The summed E-state index contributed by atoms with van der Waals surface area (Å²) < 4.78 is 5.98. The molecule has 2 heteroatoms. The van der Waals surface area contributed by atoms with Crippen LogP contribution >= 0.6 is 0 Å². The van der Waals surface area contributed by atoms with Crippen LogP contribution in [0.5, 0.6) is 11.5 Å².